The lowest BCUT2D eigenvalue weighted by molar-refractivity contribution is 0.303. The highest BCUT2D eigenvalue weighted by Gasteiger charge is 2.21. The van der Waals surface area contributed by atoms with Gasteiger partial charge in [-0.15, -0.1) is 0 Å². The molecule has 17 heavy (non-hydrogen) atoms. The molecule has 1 saturated carbocycles. The largest absolute Gasteiger partial charge is 0.0654 e. The average molecular weight is 230 g/mol. The van der Waals surface area contributed by atoms with E-state index in [9.17, 15) is 0 Å². The summed E-state index contributed by atoms with van der Waals surface area (Å²) in [5.41, 5.74) is 1.57. The summed E-state index contributed by atoms with van der Waals surface area (Å²) in [6, 6.07) is 11.1. The van der Waals surface area contributed by atoms with Crippen molar-refractivity contribution in [2.24, 2.45) is 5.92 Å². The van der Waals surface area contributed by atoms with Gasteiger partial charge in [0, 0.05) is 0 Å². The second-order valence-corrected chi connectivity index (χ2v) is 5.62. The molecule has 0 nitrogen and oxygen atoms in total. The Morgan fingerprint density at radius 3 is 2.29 bits per heavy atom. The van der Waals surface area contributed by atoms with Crippen molar-refractivity contribution in [3.63, 3.8) is 0 Å². The molecule has 2 rings (SSSR count). The summed E-state index contributed by atoms with van der Waals surface area (Å²) in [6.45, 7) is 2.30. The SMILES string of the molecule is CCCCCC1CCC(c2ccccc2)CC1. The van der Waals surface area contributed by atoms with Gasteiger partial charge in [0.25, 0.3) is 0 Å². The van der Waals surface area contributed by atoms with Gasteiger partial charge in [-0.25, -0.2) is 0 Å². The third kappa shape index (κ3) is 3.87. The maximum atomic E-state index is 2.31. The van der Waals surface area contributed by atoms with Crippen LogP contribution in [0.15, 0.2) is 30.3 Å². The van der Waals surface area contributed by atoms with Crippen LogP contribution in [0.4, 0.5) is 0 Å². The highest BCUT2D eigenvalue weighted by atomic mass is 14.3. The normalized spacial score (nSPS) is 24.8. The van der Waals surface area contributed by atoms with Crippen molar-refractivity contribution in [1.82, 2.24) is 0 Å². The summed E-state index contributed by atoms with van der Waals surface area (Å²) in [7, 11) is 0. The summed E-state index contributed by atoms with van der Waals surface area (Å²) < 4.78 is 0. The van der Waals surface area contributed by atoms with Crippen molar-refractivity contribution >= 4 is 0 Å². The summed E-state index contributed by atoms with van der Waals surface area (Å²) >= 11 is 0. The van der Waals surface area contributed by atoms with Gasteiger partial charge in [-0.2, -0.15) is 0 Å². The first kappa shape index (κ1) is 12.7. The second-order valence-electron chi connectivity index (χ2n) is 5.62. The molecule has 0 saturated heterocycles. The van der Waals surface area contributed by atoms with Crippen LogP contribution in [0.2, 0.25) is 0 Å². The third-order valence-corrected chi connectivity index (χ3v) is 4.33. The van der Waals surface area contributed by atoms with E-state index < -0.39 is 0 Å². The van der Waals surface area contributed by atoms with E-state index in [4.69, 9.17) is 0 Å². The molecule has 0 bridgehead atoms. The van der Waals surface area contributed by atoms with Crippen molar-refractivity contribution in [1.29, 1.82) is 0 Å². The van der Waals surface area contributed by atoms with Gasteiger partial charge in [0.15, 0.2) is 0 Å². The minimum absolute atomic E-state index is 0.846. The quantitative estimate of drug-likeness (QED) is 0.582. The van der Waals surface area contributed by atoms with Crippen molar-refractivity contribution in [3.05, 3.63) is 35.9 Å². The number of unbranched alkanes of at least 4 members (excludes halogenated alkanes) is 2. The zero-order valence-corrected chi connectivity index (χ0v) is 11.2. The molecule has 94 valence electrons. The van der Waals surface area contributed by atoms with Crippen LogP contribution in [0.3, 0.4) is 0 Å². The molecule has 0 N–H and O–H groups in total. The van der Waals surface area contributed by atoms with Gasteiger partial charge in [-0.05, 0) is 43.1 Å². The first-order chi connectivity index (χ1) is 8.40. The molecule has 0 atom stereocenters. The highest BCUT2D eigenvalue weighted by Crippen LogP contribution is 2.37. The minimum atomic E-state index is 0.846. The fourth-order valence-corrected chi connectivity index (χ4v) is 3.19. The Morgan fingerprint density at radius 1 is 0.941 bits per heavy atom. The summed E-state index contributed by atoms with van der Waals surface area (Å²) in [5, 5.41) is 0. The van der Waals surface area contributed by atoms with Crippen LogP contribution in [0.1, 0.15) is 69.8 Å². The van der Waals surface area contributed by atoms with E-state index in [0.717, 1.165) is 11.8 Å². The zero-order valence-electron chi connectivity index (χ0n) is 11.2. The summed E-state index contributed by atoms with van der Waals surface area (Å²) in [4.78, 5) is 0. The Balaban J connectivity index is 1.74. The van der Waals surface area contributed by atoms with Gasteiger partial charge in [0.1, 0.15) is 0 Å². The molecule has 0 unspecified atom stereocenters. The Hall–Kier alpha value is -0.780. The number of hydrogen-bond acceptors (Lipinski definition) is 0. The number of rotatable bonds is 5. The van der Waals surface area contributed by atoms with E-state index in [1.165, 1.54) is 51.4 Å². The fourth-order valence-electron chi connectivity index (χ4n) is 3.19. The maximum absolute atomic E-state index is 2.31. The van der Waals surface area contributed by atoms with E-state index in [-0.39, 0.29) is 0 Å². The predicted octanol–water partition coefficient (Wildman–Crippen LogP) is 5.54. The van der Waals surface area contributed by atoms with Crippen LogP contribution >= 0.6 is 0 Å². The minimum Gasteiger partial charge on any atom is -0.0654 e. The molecule has 0 radical (unpaired) electrons. The highest BCUT2D eigenvalue weighted by molar-refractivity contribution is 5.19. The van der Waals surface area contributed by atoms with Crippen molar-refractivity contribution in [2.45, 2.75) is 64.2 Å². The van der Waals surface area contributed by atoms with Crippen LogP contribution in [0.25, 0.3) is 0 Å². The lowest BCUT2D eigenvalue weighted by Gasteiger charge is -2.28. The topological polar surface area (TPSA) is 0 Å². The lowest BCUT2D eigenvalue weighted by Crippen LogP contribution is -2.13. The molecule has 0 amide bonds. The van der Waals surface area contributed by atoms with Gasteiger partial charge >= 0.3 is 0 Å². The first-order valence-corrected chi connectivity index (χ1v) is 7.45. The standard InChI is InChI=1S/C17H26/c1-2-3-5-8-15-11-13-17(14-12-15)16-9-6-4-7-10-16/h4,6-7,9-10,15,17H,2-3,5,8,11-14H2,1H3. The fraction of sp³-hybridized carbons (Fsp3) is 0.647. The first-order valence-electron chi connectivity index (χ1n) is 7.45. The Labute approximate surface area is 106 Å². The molecule has 0 spiro atoms. The lowest BCUT2D eigenvalue weighted by atomic mass is 9.77. The van der Waals surface area contributed by atoms with Crippen LogP contribution in [0, 0.1) is 5.92 Å². The maximum Gasteiger partial charge on any atom is -0.0162 e. The molecule has 0 aromatic heterocycles. The van der Waals surface area contributed by atoms with Gasteiger partial charge in [0.2, 0.25) is 0 Å². The molecular formula is C17H26. The molecule has 0 heteroatoms. The Bertz CT molecular complexity index is 293. The molecule has 1 aromatic carbocycles. The van der Waals surface area contributed by atoms with Crippen LogP contribution < -0.4 is 0 Å². The smallest absolute Gasteiger partial charge is 0.0162 e. The summed E-state index contributed by atoms with van der Waals surface area (Å²) in [5.74, 6) is 1.88. The van der Waals surface area contributed by atoms with E-state index in [1.807, 2.05) is 0 Å². The zero-order chi connectivity index (χ0) is 11.9. The molecule has 0 aliphatic heterocycles. The van der Waals surface area contributed by atoms with Crippen LogP contribution in [0.5, 0.6) is 0 Å². The summed E-state index contributed by atoms with van der Waals surface area (Å²) in [6.07, 6.45) is 11.5. The van der Waals surface area contributed by atoms with Gasteiger partial charge < -0.3 is 0 Å². The van der Waals surface area contributed by atoms with Crippen LogP contribution in [-0.2, 0) is 0 Å². The van der Waals surface area contributed by atoms with Gasteiger partial charge in [0.05, 0.1) is 0 Å². The Morgan fingerprint density at radius 2 is 1.65 bits per heavy atom. The third-order valence-electron chi connectivity index (χ3n) is 4.33. The number of benzene rings is 1. The Kier molecular flexibility index (Phi) is 5.09. The molecule has 1 fully saturated rings. The van der Waals surface area contributed by atoms with E-state index >= 15 is 0 Å². The predicted molar refractivity (Wildman–Crippen MR) is 75.3 cm³/mol. The molecular weight excluding hydrogens is 204 g/mol. The monoisotopic (exact) mass is 230 g/mol. The van der Waals surface area contributed by atoms with Crippen molar-refractivity contribution in [2.75, 3.05) is 0 Å². The molecule has 1 aliphatic carbocycles. The van der Waals surface area contributed by atoms with E-state index in [1.54, 1.807) is 5.56 Å². The van der Waals surface area contributed by atoms with E-state index in [2.05, 4.69) is 37.3 Å². The van der Waals surface area contributed by atoms with Gasteiger partial charge in [-0.1, -0.05) is 62.9 Å². The molecule has 1 aliphatic rings. The molecule has 0 heterocycles. The van der Waals surface area contributed by atoms with Gasteiger partial charge in [-0.3, -0.25) is 0 Å². The van der Waals surface area contributed by atoms with Crippen molar-refractivity contribution in [3.8, 4) is 0 Å². The number of hydrogen-bond donors (Lipinski definition) is 0. The molecule has 1 aromatic rings. The van der Waals surface area contributed by atoms with E-state index in [0.29, 0.717) is 0 Å². The average Bonchev–Trinajstić information content (AvgIpc) is 2.41. The van der Waals surface area contributed by atoms with Crippen molar-refractivity contribution < 1.29 is 0 Å². The second kappa shape index (κ2) is 6.83. The van der Waals surface area contributed by atoms with Crippen LogP contribution in [-0.4, -0.2) is 0 Å².